The highest BCUT2D eigenvalue weighted by molar-refractivity contribution is 5.91. The maximum atomic E-state index is 5.65. The Morgan fingerprint density at radius 1 is 1.04 bits per heavy atom. The van der Waals surface area contributed by atoms with Crippen LogP contribution in [0, 0.1) is 6.92 Å². The Labute approximate surface area is 135 Å². The zero-order valence-corrected chi connectivity index (χ0v) is 13.3. The van der Waals surface area contributed by atoms with Crippen molar-refractivity contribution in [2.45, 2.75) is 6.92 Å². The topological polar surface area (TPSA) is 73.1 Å². The van der Waals surface area contributed by atoms with Crippen LogP contribution in [-0.4, -0.2) is 17.3 Å². The van der Waals surface area contributed by atoms with E-state index in [1.165, 1.54) is 0 Å². The number of nitrogens with one attached hydrogen (secondary N) is 1. The van der Waals surface area contributed by atoms with E-state index in [9.17, 15) is 0 Å². The molecule has 2 aromatic carbocycles. The molecule has 0 saturated carbocycles. The Balaban J connectivity index is 0.000000168. The van der Waals surface area contributed by atoms with Gasteiger partial charge < -0.3 is 15.8 Å². The summed E-state index contributed by atoms with van der Waals surface area (Å²) in [5.74, 6) is 1.32. The van der Waals surface area contributed by atoms with Crippen molar-refractivity contribution in [3.8, 4) is 5.75 Å². The number of hydrogen-bond acceptors (Lipinski definition) is 5. The molecule has 3 N–H and O–H groups in total. The minimum Gasteiger partial charge on any atom is -0.495 e. The number of methoxy groups -OCH3 is 1. The third kappa shape index (κ3) is 3.97. The van der Waals surface area contributed by atoms with E-state index >= 15 is 0 Å². The summed E-state index contributed by atoms with van der Waals surface area (Å²) in [4.78, 5) is 0. The zero-order valence-electron chi connectivity index (χ0n) is 13.3. The fraction of sp³-hybridized carbons (Fsp3) is 0.111. The number of nitrogens with two attached hydrogens (primary N) is 1. The number of rotatable bonds is 3. The van der Waals surface area contributed by atoms with Crippen molar-refractivity contribution in [1.82, 2.24) is 10.2 Å². The lowest BCUT2D eigenvalue weighted by atomic mass is 10.1. The fourth-order valence-corrected chi connectivity index (χ4v) is 2.13. The average Bonchev–Trinajstić information content (AvgIpc) is 2.60. The monoisotopic (exact) mass is 308 g/mol. The Morgan fingerprint density at radius 3 is 2.35 bits per heavy atom. The van der Waals surface area contributed by atoms with E-state index in [-0.39, 0.29) is 0 Å². The van der Waals surface area contributed by atoms with Gasteiger partial charge in [-0.05, 0) is 25.3 Å². The second-order valence-corrected chi connectivity index (χ2v) is 4.76. The van der Waals surface area contributed by atoms with Crippen molar-refractivity contribution in [3.63, 3.8) is 0 Å². The predicted octanol–water partition coefficient (Wildman–Crippen LogP) is 3.77. The van der Waals surface area contributed by atoms with Crippen LogP contribution >= 0.6 is 0 Å². The summed E-state index contributed by atoms with van der Waals surface area (Å²) in [5, 5.41) is 12.8. The molecule has 1 aromatic heterocycles. The smallest absolute Gasteiger partial charge is 0.153 e. The Hall–Kier alpha value is -3.08. The van der Waals surface area contributed by atoms with Crippen LogP contribution in [0.15, 0.2) is 61.3 Å². The van der Waals surface area contributed by atoms with Crippen molar-refractivity contribution in [3.05, 3.63) is 67.0 Å². The Morgan fingerprint density at radius 2 is 1.70 bits per heavy atom. The van der Waals surface area contributed by atoms with Crippen LogP contribution in [0.4, 0.5) is 11.5 Å². The molecular weight excluding hydrogens is 288 g/mol. The number of anilines is 2. The highest BCUT2D eigenvalue weighted by Gasteiger charge is 2.01. The highest BCUT2D eigenvalue weighted by atomic mass is 16.5. The lowest BCUT2D eigenvalue weighted by Crippen LogP contribution is -1.96. The van der Waals surface area contributed by atoms with Crippen LogP contribution in [-0.2, 0) is 0 Å². The van der Waals surface area contributed by atoms with Gasteiger partial charge in [0.1, 0.15) is 5.75 Å². The van der Waals surface area contributed by atoms with E-state index in [1.807, 2.05) is 55.5 Å². The van der Waals surface area contributed by atoms with E-state index in [0.717, 1.165) is 27.9 Å². The number of benzene rings is 2. The van der Waals surface area contributed by atoms with Crippen LogP contribution in [0.3, 0.4) is 0 Å². The SMILES string of the molecule is C=CNc1ccccc1OC.Cc1nnc(N)c2ccccc12. The van der Waals surface area contributed by atoms with Gasteiger partial charge in [0.2, 0.25) is 0 Å². The molecule has 0 spiro atoms. The van der Waals surface area contributed by atoms with Gasteiger partial charge in [-0.2, -0.15) is 5.10 Å². The number of ether oxygens (including phenoxy) is 1. The van der Waals surface area contributed by atoms with Gasteiger partial charge in [-0.3, -0.25) is 0 Å². The fourth-order valence-electron chi connectivity index (χ4n) is 2.13. The van der Waals surface area contributed by atoms with Crippen LogP contribution in [0.5, 0.6) is 5.75 Å². The van der Waals surface area contributed by atoms with Crippen molar-refractivity contribution < 1.29 is 4.74 Å². The molecule has 1 heterocycles. The summed E-state index contributed by atoms with van der Waals surface area (Å²) in [7, 11) is 1.64. The van der Waals surface area contributed by atoms with Gasteiger partial charge in [0.25, 0.3) is 0 Å². The number of fused-ring (bicyclic) bond motifs is 1. The first-order valence-electron chi connectivity index (χ1n) is 7.15. The van der Waals surface area contributed by atoms with Crippen molar-refractivity contribution in [1.29, 1.82) is 0 Å². The lowest BCUT2D eigenvalue weighted by Gasteiger charge is -2.06. The predicted molar refractivity (Wildman–Crippen MR) is 95.5 cm³/mol. The summed E-state index contributed by atoms with van der Waals surface area (Å²) in [6.45, 7) is 5.49. The van der Waals surface area contributed by atoms with Crippen molar-refractivity contribution in [2.75, 3.05) is 18.2 Å². The molecule has 0 radical (unpaired) electrons. The third-order valence-corrected chi connectivity index (χ3v) is 3.27. The molecular formula is C18H20N4O. The molecule has 0 fully saturated rings. The molecule has 0 aliphatic rings. The molecule has 5 nitrogen and oxygen atoms in total. The normalized spacial score (nSPS) is 9.65. The van der Waals surface area contributed by atoms with Crippen LogP contribution < -0.4 is 15.8 Å². The molecule has 0 aliphatic heterocycles. The van der Waals surface area contributed by atoms with Gasteiger partial charge in [0.15, 0.2) is 5.82 Å². The molecule has 0 bridgehead atoms. The Kier molecular flexibility index (Phi) is 5.52. The summed E-state index contributed by atoms with van der Waals surface area (Å²) < 4.78 is 5.09. The van der Waals surface area contributed by atoms with Gasteiger partial charge in [-0.1, -0.05) is 43.0 Å². The van der Waals surface area contributed by atoms with Gasteiger partial charge in [-0.15, -0.1) is 5.10 Å². The van der Waals surface area contributed by atoms with Gasteiger partial charge in [0.05, 0.1) is 18.5 Å². The van der Waals surface area contributed by atoms with Crippen LogP contribution in [0.2, 0.25) is 0 Å². The van der Waals surface area contributed by atoms with Crippen LogP contribution in [0.25, 0.3) is 10.8 Å². The molecule has 3 rings (SSSR count). The average molecular weight is 308 g/mol. The minimum absolute atomic E-state index is 0.496. The molecule has 118 valence electrons. The maximum absolute atomic E-state index is 5.65. The lowest BCUT2D eigenvalue weighted by molar-refractivity contribution is 0.417. The second kappa shape index (κ2) is 7.79. The molecule has 0 amide bonds. The standard InChI is InChI=1S/C9H9N3.C9H11NO/c1-6-7-4-2-3-5-8(7)9(10)12-11-6;1-3-10-8-6-4-5-7-9(8)11-2/h2-5H,1H3,(H2,10,12);3-7,10H,1H2,2H3. The zero-order chi connectivity index (χ0) is 16.7. The second-order valence-electron chi connectivity index (χ2n) is 4.76. The quantitative estimate of drug-likeness (QED) is 0.770. The number of para-hydroxylation sites is 2. The summed E-state index contributed by atoms with van der Waals surface area (Å²) in [6, 6.07) is 15.5. The van der Waals surface area contributed by atoms with E-state index < -0.39 is 0 Å². The number of aryl methyl sites for hydroxylation is 1. The molecule has 23 heavy (non-hydrogen) atoms. The van der Waals surface area contributed by atoms with E-state index in [1.54, 1.807) is 13.3 Å². The first-order valence-corrected chi connectivity index (χ1v) is 7.15. The molecule has 0 atom stereocenters. The number of aromatic nitrogens is 2. The molecule has 3 aromatic rings. The number of hydrogen-bond donors (Lipinski definition) is 2. The highest BCUT2D eigenvalue weighted by Crippen LogP contribution is 2.22. The van der Waals surface area contributed by atoms with E-state index in [4.69, 9.17) is 10.5 Å². The van der Waals surface area contributed by atoms with E-state index in [2.05, 4.69) is 22.1 Å². The molecule has 0 unspecified atom stereocenters. The summed E-state index contributed by atoms with van der Waals surface area (Å²) >= 11 is 0. The third-order valence-electron chi connectivity index (χ3n) is 3.27. The Bertz CT molecular complexity index is 761. The minimum atomic E-state index is 0.496. The molecule has 5 heteroatoms. The summed E-state index contributed by atoms with van der Waals surface area (Å²) in [6.07, 6.45) is 1.62. The first-order chi connectivity index (χ1) is 11.2. The first kappa shape index (κ1) is 16.3. The van der Waals surface area contributed by atoms with Crippen LogP contribution in [0.1, 0.15) is 5.69 Å². The van der Waals surface area contributed by atoms with Gasteiger partial charge >= 0.3 is 0 Å². The van der Waals surface area contributed by atoms with Crippen molar-refractivity contribution in [2.24, 2.45) is 0 Å². The maximum Gasteiger partial charge on any atom is 0.153 e. The molecule has 0 saturated heterocycles. The largest absolute Gasteiger partial charge is 0.495 e. The summed E-state index contributed by atoms with van der Waals surface area (Å²) in [5.41, 5.74) is 7.50. The van der Waals surface area contributed by atoms with Gasteiger partial charge in [0, 0.05) is 10.8 Å². The van der Waals surface area contributed by atoms with Crippen molar-refractivity contribution >= 4 is 22.3 Å². The van der Waals surface area contributed by atoms with E-state index in [0.29, 0.717) is 5.82 Å². The number of nitrogen functional groups attached to an aromatic ring is 1. The van der Waals surface area contributed by atoms with Gasteiger partial charge in [-0.25, -0.2) is 0 Å². The molecule has 0 aliphatic carbocycles. The number of nitrogens with zero attached hydrogens (tertiary/aromatic N) is 2.